The Bertz CT molecular complexity index is 426. The molecule has 0 fully saturated rings. The van der Waals surface area contributed by atoms with Crippen molar-refractivity contribution in [2.24, 2.45) is 10.9 Å². The summed E-state index contributed by atoms with van der Waals surface area (Å²) in [5.74, 6) is 0.250. The Morgan fingerprint density at radius 1 is 1.36 bits per heavy atom. The molecule has 0 radical (unpaired) electrons. The predicted molar refractivity (Wildman–Crippen MR) is 56.7 cm³/mol. The summed E-state index contributed by atoms with van der Waals surface area (Å²) in [4.78, 5) is 4.30. The van der Waals surface area contributed by atoms with Crippen molar-refractivity contribution in [2.45, 2.75) is 19.3 Å². The SMILES string of the molecule is CC(C)C1(C#N)C=Nc2ccccc21. The van der Waals surface area contributed by atoms with Gasteiger partial charge in [-0.05, 0) is 12.0 Å². The summed E-state index contributed by atoms with van der Waals surface area (Å²) >= 11 is 0. The second kappa shape index (κ2) is 2.95. The summed E-state index contributed by atoms with van der Waals surface area (Å²) in [6.45, 7) is 4.11. The van der Waals surface area contributed by atoms with E-state index < -0.39 is 5.41 Å². The molecule has 1 unspecified atom stereocenters. The highest BCUT2D eigenvalue weighted by molar-refractivity contribution is 5.88. The predicted octanol–water partition coefficient (Wildman–Crippen LogP) is 2.82. The number of hydrogen-bond acceptors (Lipinski definition) is 2. The Balaban J connectivity index is 2.63. The quantitative estimate of drug-likeness (QED) is 0.661. The highest BCUT2D eigenvalue weighted by Gasteiger charge is 2.39. The van der Waals surface area contributed by atoms with Crippen LogP contribution in [-0.2, 0) is 5.41 Å². The highest BCUT2D eigenvalue weighted by Crippen LogP contribution is 2.40. The molecule has 1 aromatic rings. The van der Waals surface area contributed by atoms with Gasteiger partial charge < -0.3 is 0 Å². The van der Waals surface area contributed by atoms with Gasteiger partial charge in [-0.2, -0.15) is 5.26 Å². The van der Waals surface area contributed by atoms with Crippen molar-refractivity contribution >= 4 is 11.9 Å². The van der Waals surface area contributed by atoms with Crippen LogP contribution >= 0.6 is 0 Å². The van der Waals surface area contributed by atoms with E-state index in [9.17, 15) is 5.26 Å². The molecule has 2 nitrogen and oxygen atoms in total. The molecule has 1 aliphatic rings. The minimum Gasteiger partial charge on any atom is -0.259 e. The van der Waals surface area contributed by atoms with Crippen molar-refractivity contribution in [1.29, 1.82) is 5.26 Å². The van der Waals surface area contributed by atoms with Crippen LogP contribution < -0.4 is 0 Å². The molecule has 14 heavy (non-hydrogen) atoms. The number of benzene rings is 1. The topological polar surface area (TPSA) is 36.1 Å². The molecule has 0 aliphatic carbocycles. The van der Waals surface area contributed by atoms with Gasteiger partial charge in [-0.15, -0.1) is 0 Å². The molecule has 1 atom stereocenters. The summed E-state index contributed by atoms with van der Waals surface area (Å²) in [6.07, 6.45) is 1.78. The lowest BCUT2D eigenvalue weighted by atomic mass is 9.75. The fourth-order valence-electron chi connectivity index (χ4n) is 1.86. The third-order valence-corrected chi connectivity index (χ3v) is 2.85. The van der Waals surface area contributed by atoms with E-state index in [2.05, 4.69) is 24.9 Å². The van der Waals surface area contributed by atoms with Gasteiger partial charge in [0.2, 0.25) is 0 Å². The molecule has 0 bridgehead atoms. The number of nitrogens with zero attached hydrogens (tertiary/aromatic N) is 2. The van der Waals surface area contributed by atoms with Crippen LogP contribution in [0, 0.1) is 17.2 Å². The second-order valence-corrected chi connectivity index (χ2v) is 3.91. The first-order valence-corrected chi connectivity index (χ1v) is 4.76. The smallest absolute Gasteiger partial charge is 0.122 e. The minimum atomic E-state index is -0.517. The first kappa shape index (κ1) is 8.96. The summed E-state index contributed by atoms with van der Waals surface area (Å²) in [7, 11) is 0. The van der Waals surface area contributed by atoms with Crippen molar-refractivity contribution in [3.63, 3.8) is 0 Å². The lowest BCUT2D eigenvalue weighted by Gasteiger charge is -2.23. The number of aliphatic imine (C=N–C) groups is 1. The van der Waals surface area contributed by atoms with Gasteiger partial charge in [-0.1, -0.05) is 32.0 Å². The van der Waals surface area contributed by atoms with E-state index in [4.69, 9.17) is 0 Å². The lowest BCUT2D eigenvalue weighted by molar-refractivity contribution is 0.523. The Kier molecular flexibility index (Phi) is 1.89. The van der Waals surface area contributed by atoms with Crippen LogP contribution in [0.2, 0.25) is 0 Å². The monoisotopic (exact) mass is 184 g/mol. The molecule has 0 aromatic heterocycles. The third kappa shape index (κ3) is 0.990. The van der Waals surface area contributed by atoms with Gasteiger partial charge in [-0.3, -0.25) is 4.99 Å². The standard InChI is InChI=1S/C12H12N2/c1-9(2)12(7-13)8-14-11-6-4-3-5-10(11)12/h3-6,8-9H,1-2H3. The molecule has 0 spiro atoms. The molecular formula is C12H12N2. The molecule has 0 saturated heterocycles. The molecule has 1 heterocycles. The van der Waals surface area contributed by atoms with E-state index in [1.165, 1.54) is 0 Å². The van der Waals surface area contributed by atoms with Crippen LogP contribution in [-0.4, -0.2) is 6.21 Å². The average molecular weight is 184 g/mol. The summed E-state index contributed by atoms with van der Waals surface area (Å²) < 4.78 is 0. The first-order chi connectivity index (χ1) is 6.70. The van der Waals surface area contributed by atoms with Crippen LogP contribution in [0.15, 0.2) is 29.3 Å². The zero-order valence-corrected chi connectivity index (χ0v) is 8.36. The van der Waals surface area contributed by atoms with Gasteiger partial charge in [0.25, 0.3) is 0 Å². The number of nitriles is 1. The van der Waals surface area contributed by atoms with Crippen LogP contribution in [0.1, 0.15) is 19.4 Å². The number of rotatable bonds is 1. The normalized spacial score (nSPS) is 23.6. The van der Waals surface area contributed by atoms with Crippen molar-refractivity contribution in [2.75, 3.05) is 0 Å². The van der Waals surface area contributed by atoms with E-state index in [0.29, 0.717) is 0 Å². The maximum Gasteiger partial charge on any atom is 0.122 e. The molecule has 70 valence electrons. The highest BCUT2D eigenvalue weighted by atomic mass is 14.8. The first-order valence-electron chi connectivity index (χ1n) is 4.76. The van der Waals surface area contributed by atoms with Gasteiger partial charge in [0.1, 0.15) is 5.41 Å². The van der Waals surface area contributed by atoms with Crippen molar-refractivity contribution in [3.05, 3.63) is 29.8 Å². The lowest BCUT2D eigenvalue weighted by Crippen LogP contribution is -2.29. The number of hydrogen-bond donors (Lipinski definition) is 0. The maximum absolute atomic E-state index is 9.29. The summed E-state index contributed by atoms with van der Waals surface area (Å²) in [5, 5.41) is 9.29. The van der Waals surface area contributed by atoms with Crippen molar-refractivity contribution in [3.8, 4) is 6.07 Å². The molecule has 1 aliphatic heterocycles. The number of para-hydroxylation sites is 1. The molecule has 2 heteroatoms. The molecule has 0 saturated carbocycles. The summed E-state index contributed by atoms with van der Waals surface area (Å²) in [5.41, 5.74) is 1.46. The third-order valence-electron chi connectivity index (χ3n) is 2.85. The van der Waals surface area contributed by atoms with Crippen molar-refractivity contribution in [1.82, 2.24) is 0 Å². The van der Waals surface area contributed by atoms with Crippen LogP contribution in [0.5, 0.6) is 0 Å². The fraction of sp³-hybridized carbons (Fsp3) is 0.333. The summed E-state index contributed by atoms with van der Waals surface area (Å²) in [6, 6.07) is 10.2. The largest absolute Gasteiger partial charge is 0.259 e. The molecule has 0 N–H and O–H groups in total. The zero-order valence-electron chi connectivity index (χ0n) is 8.36. The molecule has 1 aromatic carbocycles. The molecular weight excluding hydrogens is 172 g/mol. The van der Waals surface area contributed by atoms with E-state index in [1.807, 2.05) is 24.3 Å². The zero-order chi connectivity index (χ0) is 10.2. The Morgan fingerprint density at radius 3 is 2.71 bits per heavy atom. The van der Waals surface area contributed by atoms with E-state index in [0.717, 1.165) is 11.3 Å². The maximum atomic E-state index is 9.29. The Labute approximate surface area is 83.9 Å². The van der Waals surface area contributed by atoms with Crippen LogP contribution in [0.3, 0.4) is 0 Å². The van der Waals surface area contributed by atoms with E-state index >= 15 is 0 Å². The fourth-order valence-corrected chi connectivity index (χ4v) is 1.86. The van der Waals surface area contributed by atoms with Crippen LogP contribution in [0.4, 0.5) is 5.69 Å². The second-order valence-electron chi connectivity index (χ2n) is 3.91. The Morgan fingerprint density at radius 2 is 2.07 bits per heavy atom. The molecule has 0 amide bonds. The van der Waals surface area contributed by atoms with Crippen molar-refractivity contribution < 1.29 is 0 Å². The van der Waals surface area contributed by atoms with E-state index in [-0.39, 0.29) is 5.92 Å². The molecule has 2 rings (SSSR count). The Hall–Kier alpha value is -1.62. The van der Waals surface area contributed by atoms with E-state index in [1.54, 1.807) is 6.21 Å². The minimum absolute atomic E-state index is 0.250. The van der Waals surface area contributed by atoms with Gasteiger partial charge in [-0.25, -0.2) is 0 Å². The van der Waals surface area contributed by atoms with Gasteiger partial charge >= 0.3 is 0 Å². The van der Waals surface area contributed by atoms with Crippen LogP contribution in [0.25, 0.3) is 0 Å². The van der Waals surface area contributed by atoms with Gasteiger partial charge in [0, 0.05) is 11.8 Å². The van der Waals surface area contributed by atoms with Gasteiger partial charge in [0.05, 0.1) is 11.8 Å². The van der Waals surface area contributed by atoms with Gasteiger partial charge in [0.15, 0.2) is 0 Å². The average Bonchev–Trinajstić information content (AvgIpc) is 2.57. The number of fused-ring (bicyclic) bond motifs is 1.